The quantitative estimate of drug-likeness (QED) is 0.729. The van der Waals surface area contributed by atoms with Crippen molar-refractivity contribution in [1.82, 2.24) is 10.2 Å². The van der Waals surface area contributed by atoms with Crippen molar-refractivity contribution in [1.29, 1.82) is 0 Å². The van der Waals surface area contributed by atoms with E-state index in [2.05, 4.69) is 21.2 Å². The topological polar surface area (TPSA) is 49.4 Å². The van der Waals surface area contributed by atoms with Crippen LogP contribution in [0.3, 0.4) is 0 Å². The summed E-state index contributed by atoms with van der Waals surface area (Å²) in [4.78, 5) is 26.2. The van der Waals surface area contributed by atoms with Gasteiger partial charge in [-0.1, -0.05) is 60.7 Å². The van der Waals surface area contributed by atoms with Crippen LogP contribution in [0.4, 0.5) is 0 Å². The molecule has 5 heteroatoms. The van der Waals surface area contributed by atoms with Crippen molar-refractivity contribution in [3.05, 3.63) is 82.0 Å². The number of carbonyl (C=O) groups is 2. The number of halogens is 1. The number of hydrogen-bond acceptors (Lipinski definition) is 3. The molecule has 0 aromatic heterocycles. The SMILES string of the molecule is O=C1C(Br)=C(NCCc2ccccc2)C(=O)N1CCc1ccccc1. The maximum absolute atomic E-state index is 12.5. The predicted octanol–water partition coefficient (Wildman–Crippen LogP) is 3.04. The molecule has 4 nitrogen and oxygen atoms in total. The standard InChI is InChI=1S/C20H19BrN2O2/c21-17-18(22-13-11-15-7-3-1-4-8-15)20(25)23(19(17)24)14-12-16-9-5-2-6-10-16/h1-10,22H,11-14H2. The number of rotatable bonds is 7. The summed E-state index contributed by atoms with van der Waals surface area (Å²) >= 11 is 3.27. The minimum atomic E-state index is -0.275. The summed E-state index contributed by atoms with van der Waals surface area (Å²) in [6.07, 6.45) is 1.44. The Bertz CT molecular complexity index is 788. The first-order valence-electron chi connectivity index (χ1n) is 8.24. The Balaban J connectivity index is 1.57. The molecule has 1 N–H and O–H groups in total. The zero-order valence-corrected chi connectivity index (χ0v) is 15.3. The molecule has 25 heavy (non-hydrogen) atoms. The first-order chi connectivity index (χ1) is 12.2. The highest BCUT2D eigenvalue weighted by molar-refractivity contribution is 9.12. The van der Waals surface area contributed by atoms with Crippen LogP contribution in [0.25, 0.3) is 0 Å². The Morgan fingerprint density at radius 1 is 0.800 bits per heavy atom. The summed E-state index contributed by atoms with van der Waals surface area (Å²) in [7, 11) is 0. The molecule has 1 aliphatic heterocycles. The van der Waals surface area contributed by atoms with Crippen LogP contribution in [0.15, 0.2) is 70.8 Å². The summed E-state index contributed by atoms with van der Waals surface area (Å²) < 4.78 is 0.318. The van der Waals surface area contributed by atoms with Crippen LogP contribution in [0.2, 0.25) is 0 Å². The molecule has 0 spiro atoms. The highest BCUT2D eigenvalue weighted by Gasteiger charge is 2.36. The smallest absolute Gasteiger partial charge is 0.278 e. The number of carbonyl (C=O) groups excluding carboxylic acids is 2. The lowest BCUT2D eigenvalue weighted by molar-refractivity contribution is -0.137. The van der Waals surface area contributed by atoms with Gasteiger partial charge in [0.1, 0.15) is 10.2 Å². The Kier molecular flexibility index (Phi) is 5.66. The predicted molar refractivity (Wildman–Crippen MR) is 101 cm³/mol. The fourth-order valence-corrected chi connectivity index (χ4v) is 3.29. The van der Waals surface area contributed by atoms with Gasteiger partial charge in [-0.15, -0.1) is 0 Å². The minimum absolute atomic E-state index is 0.263. The summed E-state index contributed by atoms with van der Waals surface area (Å²) in [5.74, 6) is -0.538. The van der Waals surface area contributed by atoms with E-state index in [1.165, 1.54) is 10.5 Å². The van der Waals surface area contributed by atoms with Gasteiger partial charge in [0.2, 0.25) is 0 Å². The van der Waals surface area contributed by atoms with Crippen molar-refractivity contribution in [3.63, 3.8) is 0 Å². The van der Waals surface area contributed by atoms with Crippen LogP contribution in [0, 0.1) is 0 Å². The average Bonchev–Trinajstić information content (AvgIpc) is 2.85. The molecule has 0 bridgehead atoms. The lowest BCUT2D eigenvalue weighted by atomic mass is 10.1. The van der Waals surface area contributed by atoms with E-state index in [1.54, 1.807) is 0 Å². The van der Waals surface area contributed by atoms with Gasteiger partial charge in [-0.3, -0.25) is 14.5 Å². The summed E-state index contributed by atoms with van der Waals surface area (Å²) in [6.45, 7) is 0.973. The molecule has 128 valence electrons. The normalized spacial score (nSPS) is 14.4. The number of nitrogens with zero attached hydrogens (tertiary/aromatic N) is 1. The molecule has 3 rings (SSSR count). The van der Waals surface area contributed by atoms with Gasteiger partial charge in [-0.25, -0.2) is 0 Å². The maximum atomic E-state index is 12.5. The molecule has 0 saturated heterocycles. The second-order valence-electron chi connectivity index (χ2n) is 5.85. The Morgan fingerprint density at radius 2 is 1.36 bits per heavy atom. The summed E-state index contributed by atoms with van der Waals surface area (Å²) in [6, 6.07) is 19.9. The van der Waals surface area contributed by atoms with Gasteiger partial charge in [0.25, 0.3) is 11.8 Å². The Morgan fingerprint density at radius 3 is 1.96 bits per heavy atom. The number of nitrogens with one attached hydrogen (secondary N) is 1. The Hall–Kier alpha value is -2.40. The average molecular weight is 399 g/mol. The van der Waals surface area contributed by atoms with E-state index in [9.17, 15) is 9.59 Å². The van der Waals surface area contributed by atoms with Gasteiger partial charge in [0.15, 0.2) is 0 Å². The van der Waals surface area contributed by atoms with E-state index in [0.29, 0.717) is 29.7 Å². The monoisotopic (exact) mass is 398 g/mol. The highest BCUT2D eigenvalue weighted by atomic mass is 79.9. The molecule has 0 atom stereocenters. The zero-order chi connectivity index (χ0) is 17.6. The van der Waals surface area contributed by atoms with E-state index in [-0.39, 0.29) is 11.8 Å². The lowest BCUT2D eigenvalue weighted by Crippen LogP contribution is -2.35. The van der Waals surface area contributed by atoms with Crippen LogP contribution in [0.5, 0.6) is 0 Å². The molecule has 0 saturated carbocycles. The fraction of sp³-hybridized carbons (Fsp3) is 0.200. The van der Waals surface area contributed by atoms with Crippen molar-refractivity contribution < 1.29 is 9.59 Å². The molecule has 0 fully saturated rings. The number of imide groups is 1. The summed E-state index contributed by atoms with van der Waals surface area (Å²) in [5, 5.41) is 3.11. The van der Waals surface area contributed by atoms with Crippen LogP contribution in [-0.4, -0.2) is 29.8 Å². The van der Waals surface area contributed by atoms with E-state index < -0.39 is 0 Å². The molecular weight excluding hydrogens is 380 g/mol. The summed E-state index contributed by atoms with van der Waals surface area (Å²) in [5.41, 5.74) is 2.64. The molecule has 0 unspecified atom stereocenters. The van der Waals surface area contributed by atoms with Crippen molar-refractivity contribution in [3.8, 4) is 0 Å². The van der Waals surface area contributed by atoms with Crippen molar-refractivity contribution in [2.45, 2.75) is 12.8 Å². The van der Waals surface area contributed by atoms with Crippen LogP contribution in [0.1, 0.15) is 11.1 Å². The van der Waals surface area contributed by atoms with E-state index >= 15 is 0 Å². The van der Waals surface area contributed by atoms with Gasteiger partial charge < -0.3 is 5.32 Å². The van der Waals surface area contributed by atoms with Gasteiger partial charge in [0.05, 0.1) is 0 Å². The van der Waals surface area contributed by atoms with Crippen molar-refractivity contribution in [2.75, 3.05) is 13.1 Å². The fourth-order valence-electron chi connectivity index (χ4n) is 2.76. The molecular formula is C20H19BrN2O2. The van der Waals surface area contributed by atoms with E-state index in [4.69, 9.17) is 0 Å². The number of hydrogen-bond donors (Lipinski definition) is 1. The van der Waals surface area contributed by atoms with Crippen LogP contribution >= 0.6 is 15.9 Å². The van der Waals surface area contributed by atoms with Crippen LogP contribution in [-0.2, 0) is 22.4 Å². The third kappa shape index (κ3) is 4.17. The zero-order valence-electron chi connectivity index (χ0n) is 13.7. The van der Waals surface area contributed by atoms with Crippen molar-refractivity contribution >= 4 is 27.7 Å². The van der Waals surface area contributed by atoms with Gasteiger partial charge in [0, 0.05) is 13.1 Å². The molecule has 2 aromatic rings. The first kappa shape index (κ1) is 17.4. The van der Waals surface area contributed by atoms with Crippen LogP contribution < -0.4 is 5.32 Å². The van der Waals surface area contributed by atoms with E-state index in [0.717, 1.165) is 12.0 Å². The molecule has 0 radical (unpaired) electrons. The molecule has 1 heterocycles. The lowest BCUT2D eigenvalue weighted by Gasteiger charge is -2.15. The van der Waals surface area contributed by atoms with E-state index in [1.807, 2.05) is 60.7 Å². The molecule has 1 aliphatic rings. The molecule has 2 amide bonds. The largest absolute Gasteiger partial charge is 0.379 e. The third-order valence-electron chi connectivity index (χ3n) is 4.14. The highest BCUT2D eigenvalue weighted by Crippen LogP contribution is 2.24. The maximum Gasteiger partial charge on any atom is 0.278 e. The Labute approximate surface area is 155 Å². The van der Waals surface area contributed by atoms with Gasteiger partial charge in [-0.05, 0) is 39.9 Å². The number of amides is 2. The van der Waals surface area contributed by atoms with Gasteiger partial charge >= 0.3 is 0 Å². The molecule has 0 aliphatic carbocycles. The second-order valence-corrected chi connectivity index (χ2v) is 6.64. The molecule has 2 aromatic carbocycles. The van der Waals surface area contributed by atoms with Gasteiger partial charge in [-0.2, -0.15) is 0 Å². The second kappa shape index (κ2) is 8.12. The minimum Gasteiger partial charge on any atom is -0.379 e. The number of benzene rings is 2. The third-order valence-corrected chi connectivity index (χ3v) is 4.87. The first-order valence-corrected chi connectivity index (χ1v) is 9.04. The van der Waals surface area contributed by atoms with Crippen molar-refractivity contribution in [2.24, 2.45) is 0 Å².